The lowest BCUT2D eigenvalue weighted by Crippen LogP contribution is -2.37. The van der Waals surface area contributed by atoms with E-state index in [1.165, 1.54) is 23.1 Å². The van der Waals surface area contributed by atoms with Gasteiger partial charge in [-0.25, -0.2) is 4.68 Å². The van der Waals surface area contributed by atoms with Gasteiger partial charge in [0.05, 0.1) is 21.3 Å². The van der Waals surface area contributed by atoms with Crippen LogP contribution in [0.3, 0.4) is 0 Å². The zero-order chi connectivity index (χ0) is 26.5. The van der Waals surface area contributed by atoms with Crippen LogP contribution in [-0.2, 0) is 15.0 Å². The van der Waals surface area contributed by atoms with Gasteiger partial charge < -0.3 is 10.2 Å². The van der Waals surface area contributed by atoms with E-state index in [0.29, 0.717) is 28.6 Å². The number of nitrogens with one attached hydrogen (secondary N) is 1. The van der Waals surface area contributed by atoms with Gasteiger partial charge in [-0.15, -0.1) is 0 Å². The number of benzene rings is 2. The molecule has 0 unspecified atom stereocenters. The van der Waals surface area contributed by atoms with Crippen LogP contribution in [0.25, 0.3) is 11.8 Å². The highest BCUT2D eigenvalue weighted by Crippen LogP contribution is 2.29. The molecule has 0 bridgehead atoms. The van der Waals surface area contributed by atoms with E-state index in [-0.39, 0.29) is 29.5 Å². The van der Waals surface area contributed by atoms with Crippen LogP contribution in [0.15, 0.2) is 60.7 Å². The van der Waals surface area contributed by atoms with E-state index in [4.69, 9.17) is 11.6 Å². The van der Waals surface area contributed by atoms with E-state index in [0.717, 1.165) is 5.69 Å². The number of carbonyl (C=O) groups excluding carboxylic acids is 2. The number of nitro benzene ring substituents is 1. The summed E-state index contributed by atoms with van der Waals surface area (Å²) in [6, 6.07) is 14.8. The van der Waals surface area contributed by atoms with Crippen LogP contribution in [0, 0.1) is 10.1 Å². The smallest absolute Gasteiger partial charge is 0.269 e. The second kappa shape index (κ2) is 11.2. The first-order valence-electron chi connectivity index (χ1n) is 11.4. The van der Waals surface area contributed by atoms with Crippen molar-refractivity contribution in [3.8, 4) is 5.69 Å². The second-order valence-electron chi connectivity index (χ2n) is 9.11. The number of amides is 2. The van der Waals surface area contributed by atoms with Crippen molar-refractivity contribution in [1.29, 1.82) is 0 Å². The molecule has 1 aromatic heterocycles. The van der Waals surface area contributed by atoms with Crippen molar-refractivity contribution in [2.45, 2.75) is 33.1 Å². The molecule has 0 aliphatic heterocycles. The number of hydrogen-bond donors (Lipinski definition) is 1. The van der Waals surface area contributed by atoms with Crippen molar-refractivity contribution in [2.75, 3.05) is 18.4 Å². The molecule has 9 nitrogen and oxygen atoms in total. The molecule has 0 radical (unpaired) electrons. The first-order chi connectivity index (χ1) is 17.0. The molecule has 3 aromatic rings. The lowest BCUT2D eigenvalue weighted by atomic mass is 9.92. The zero-order valence-corrected chi connectivity index (χ0v) is 21.3. The fourth-order valence-electron chi connectivity index (χ4n) is 3.33. The molecule has 0 saturated carbocycles. The van der Waals surface area contributed by atoms with Gasteiger partial charge in [-0.2, -0.15) is 5.10 Å². The minimum absolute atomic E-state index is 0.0315. The Morgan fingerprint density at radius 3 is 2.42 bits per heavy atom. The number of non-ortho nitro benzene ring substituents is 1. The Bertz CT molecular complexity index is 1290. The standard InChI is InChI=1S/C26H28ClN5O4/c1-5-30(25(34)15-12-18-10-13-19(14-11-18)32(35)36)17-24(33)28-23-16-22(26(2,3)4)29-31(23)21-9-7-6-8-20(21)27/h6-16H,5,17H2,1-4H3,(H,28,33)/b15-12+. The van der Waals surface area contributed by atoms with Crippen LogP contribution in [-0.4, -0.2) is 44.5 Å². The van der Waals surface area contributed by atoms with E-state index in [1.54, 1.807) is 41.9 Å². The highest BCUT2D eigenvalue weighted by molar-refractivity contribution is 6.32. The van der Waals surface area contributed by atoms with Crippen LogP contribution in [0.4, 0.5) is 11.5 Å². The number of para-hydroxylation sites is 1. The lowest BCUT2D eigenvalue weighted by molar-refractivity contribution is -0.384. The van der Waals surface area contributed by atoms with Gasteiger partial charge in [-0.05, 0) is 42.8 Å². The summed E-state index contributed by atoms with van der Waals surface area (Å²) >= 11 is 6.38. The van der Waals surface area contributed by atoms with Gasteiger partial charge in [0.1, 0.15) is 12.4 Å². The molecule has 3 rings (SSSR count). The van der Waals surface area contributed by atoms with Crippen molar-refractivity contribution >= 4 is 41.0 Å². The van der Waals surface area contributed by atoms with Gasteiger partial charge in [-0.1, -0.05) is 44.5 Å². The molecule has 1 N–H and O–H groups in total. The normalized spacial score (nSPS) is 11.5. The zero-order valence-electron chi connectivity index (χ0n) is 20.6. The van der Waals surface area contributed by atoms with E-state index in [2.05, 4.69) is 10.4 Å². The Labute approximate surface area is 214 Å². The highest BCUT2D eigenvalue weighted by Gasteiger charge is 2.23. The number of likely N-dealkylation sites (N-methyl/N-ethyl adjacent to an activating group) is 1. The number of rotatable bonds is 8. The first-order valence-corrected chi connectivity index (χ1v) is 11.7. The van der Waals surface area contributed by atoms with E-state index >= 15 is 0 Å². The molecule has 0 atom stereocenters. The third-order valence-electron chi connectivity index (χ3n) is 5.38. The fourth-order valence-corrected chi connectivity index (χ4v) is 3.54. The van der Waals surface area contributed by atoms with Gasteiger partial charge in [0.2, 0.25) is 11.8 Å². The monoisotopic (exact) mass is 509 g/mol. The maximum absolute atomic E-state index is 12.9. The van der Waals surface area contributed by atoms with Gasteiger partial charge in [0.25, 0.3) is 5.69 Å². The summed E-state index contributed by atoms with van der Waals surface area (Å²) in [7, 11) is 0. The molecule has 0 aliphatic carbocycles. The molecule has 0 fully saturated rings. The molecule has 0 spiro atoms. The maximum atomic E-state index is 12.9. The summed E-state index contributed by atoms with van der Waals surface area (Å²) in [5, 5.41) is 18.8. The molecule has 2 aromatic carbocycles. The lowest BCUT2D eigenvalue weighted by Gasteiger charge is -2.19. The number of carbonyl (C=O) groups is 2. The van der Waals surface area contributed by atoms with Crippen molar-refractivity contribution in [1.82, 2.24) is 14.7 Å². The van der Waals surface area contributed by atoms with Gasteiger partial charge in [0, 0.05) is 36.2 Å². The Kier molecular flexibility index (Phi) is 8.26. The summed E-state index contributed by atoms with van der Waals surface area (Å²) in [5.41, 5.74) is 1.73. The predicted molar refractivity (Wildman–Crippen MR) is 140 cm³/mol. The molecule has 2 amide bonds. The number of halogens is 1. The Morgan fingerprint density at radius 1 is 1.17 bits per heavy atom. The van der Waals surface area contributed by atoms with E-state index < -0.39 is 4.92 Å². The van der Waals surface area contributed by atoms with Crippen LogP contribution in [0.5, 0.6) is 0 Å². The third kappa shape index (κ3) is 6.57. The third-order valence-corrected chi connectivity index (χ3v) is 5.70. The van der Waals surface area contributed by atoms with Crippen molar-refractivity contribution < 1.29 is 14.5 Å². The number of aromatic nitrogens is 2. The van der Waals surface area contributed by atoms with Crippen LogP contribution in [0.2, 0.25) is 5.02 Å². The summed E-state index contributed by atoms with van der Waals surface area (Å²) in [6.45, 7) is 7.98. The maximum Gasteiger partial charge on any atom is 0.269 e. The number of nitro groups is 1. The molecule has 188 valence electrons. The van der Waals surface area contributed by atoms with Crippen LogP contribution >= 0.6 is 11.6 Å². The van der Waals surface area contributed by atoms with Gasteiger partial charge in [0.15, 0.2) is 0 Å². The molecule has 0 aliphatic rings. The largest absolute Gasteiger partial charge is 0.330 e. The van der Waals surface area contributed by atoms with Crippen molar-refractivity contribution in [3.05, 3.63) is 87.1 Å². The van der Waals surface area contributed by atoms with Gasteiger partial charge in [-0.3, -0.25) is 19.7 Å². The average molecular weight is 510 g/mol. The molecular formula is C26H28ClN5O4. The molecule has 1 heterocycles. The molecule has 36 heavy (non-hydrogen) atoms. The molecular weight excluding hydrogens is 482 g/mol. The number of nitrogens with zero attached hydrogens (tertiary/aromatic N) is 4. The van der Waals surface area contributed by atoms with Gasteiger partial charge >= 0.3 is 0 Å². The molecule has 10 heteroatoms. The minimum atomic E-state index is -0.488. The Hall–Kier alpha value is -3.98. The number of hydrogen-bond acceptors (Lipinski definition) is 5. The first kappa shape index (κ1) is 26.6. The number of anilines is 1. The Balaban J connectivity index is 1.75. The summed E-state index contributed by atoms with van der Waals surface area (Å²) in [5.74, 6) is -0.299. The highest BCUT2D eigenvalue weighted by atomic mass is 35.5. The van der Waals surface area contributed by atoms with Crippen molar-refractivity contribution in [3.63, 3.8) is 0 Å². The van der Waals surface area contributed by atoms with Crippen LogP contribution in [0.1, 0.15) is 39.0 Å². The SMILES string of the molecule is CCN(CC(=O)Nc1cc(C(C)(C)C)nn1-c1ccccc1Cl)C(=O)/C=C/c1ccc([N+](=O)[O-])cc1. The van der Waals surface area contributed by atoms with Crippen LogP contribution < -0.4 is 5.32 Å². The summed E-state index contributed by atoms with van der Waals surface area (Å²) in [6.07, 6.45) is 2.89. The average Bonchev–Trinajstić information content (AvgIpc) is 3.25. The molecule has 0 saturated heterocycles. The Morgan fingerprint density at radius 2 is 1.83 bits per heavy atom. The van der Waals surface area contributed by atoms with Crippen molar-refractivity contribution in [2.24, 2.45) is 0 Å². The topological polar surface area (TPSA) is 110 Å². The predicted octanol–water partition coefficient (Wildman–Crippen LogP) is 5.23. The quantitative estimate of drug-likeness (QED) is 0.254. The van der Waals surface area contributed by atoms with E-state index in [1.807, 2.05) is 39.0 Å². The minimum Gasteiger partial charge on any atom is -0.330 e. The summed E-state index contributed by atoms with van der Waals surface area (Å²) in [4.78, 5) is 37.3. The van der Waals surface area contributed by atoms with E-state index in [9.17, 15) is 19.7 Å². The fraction of sp³-hybridized carbons (Fsp3) is 0.269. The second-order valence-corrected chi connectivity index (χ2v) is 9.52. The summed E-state index contributed by atoms with van der Waals surface area (Å²) < 4.78 is 1.59.